The molecule has 2 fully saturated rings. The van der Waals surface area contributed by atoms with Crippen LogP contribution in [0.2, 0.25) is 5.02 Å². The Bertz CT molecular complexity index is 2610. The van der Waals surface area contributed by atoms with Crippen LogP contribution in [-0.4, -0.2) is 124 Å². The zero-order chi connectivity index (χ0) is 47.4. The number of anilines is 2. The van der Waals surface area contributed by atoms with Gasteiger partial charge in [-0.3, -0.25) is 19.4 Å². The van der Waals surface area contributed by atoms with E-state index in [2.05, 4.69) is 60.7 Å². The molecule has 362 valence electrons. The molecule has 4 aromatic rings. The fourth-order valence-corrected chi connectivity index (χ4v) is 12.8. The molecule has 2 saturated heterocycles. The number of allylic oxidation sites excluding steroid dienone is 1. The van der Waals surface area contributed by atoms with Crippen LogP contribution in [0.25, 0.3) is 5.57 Å². The standard InChI is InChI=1S/C48H59ClF3N7O5S3/c1-47(2)19-14-35(42(29-47)34-8-10-36(49)11-9-34)30-58-21-16-38(17-22-58)59-23-18-41-44(31-59)53-33-54-46(41)56-67(62,63)40-12-13-43(45(28-40)66(60,61)48(50,51)52)55-37(15-20-57-24-26-64-27-25-57)32-65-39-6-4-3-5-7-39/h3-13,28,33,37-38,55H,14-27,29-32H2,1-2H3,(H,53,54,56)/t37-/m1/s1. The average Bonchev–Trinajstić information content (AvgIpc) is 3.31. The van der Waals surface area contributed by atoms with Crippen molar-refractivity contribution in [2.45, 2.75) is 97.6 Å². The van der Waals surface area contributed by atoms with Gasteiger partial charge >= 0.3 is 5.51 Å². The monoisotopic (exact) mass is 1000 g/mol. The van der Waals surface area contributed by atoms with E-state index >= 15 is 0 Å². The number of hydrogen-bond donors (Lipinski definition) is 2. The number of likely N-dealkylation sites (tertiary alicyclic amines) is 1. The molecule has 0 bridgehead atoms. The topological polar surface area (TPSA) is 137 Å². The number of benzene rings is 3. The summed E-state index contributed by atoms with van der Waals surface area (Å²) in [4.78, 5) is 15.0. The number of fused-ring (bicyclic) bond motifs is 1. The van der Waals surface area contributed by atoms with Gasteiger partial charge in [0, 0.05) is 72.6 Å². The molecule has 12 nitrogen and oxygen atoms in total. The molecule has 3 aromatic carbocycles. The van der Waals surface area contributed by atoms with Crippen molar-refractivity contribution in [1.82, 2.24) is 24.7 Å². The Hall–Kier alpha value is -3.75. The zero-order valence-corrected chi connectivity index (χ0v) is 41.1. The van der Waals surface area contributed by atoms with Crippen molar-refractivity contribution in [2.24, 2.45) is 5.41 Å². The number of alkyl halides is 3. The van der Waals surface area contributed by atoms with Crippen LogP contribution < -0.4 is 10.0 Å². The van der Waals surface area contributed by atoms with E-state index in [0.29, 0.717) is 87.9 Å². The highest BCUT2D eigenvalue weighted by Crippen LogP contribution is 2.44. The van der Waals surface area contributed by atoms with Gasteiger partial charge in [0.15, 0.2) is 0 Å². The number of thioether (sulfide) groups is 1. The number of hydrogen-bond acceptors (Lipinski definition) is 12. The summed E-state index contributed by atoms with van der Waals surface area (Å²) in [5.74, 6) is 0.421. The molecule has 0 amide bonds. The molecule has 0 unspecified atom stereocenters. The molecule has 1 atom stereocenters. The number of piperidine rings is 1. The van der Waals surface area contributed by atoms with Crippen molar-refractivity contribution in [3.63, 3.8) is 0 Å². The highest BCUT2D eigenvalue weighted by molar-refractivity contribution is 7.99. The highest BCUT2D eigenvalue weighted by atomic mass is 35.5. The van der Waals surface area contributed by atoms with Gasteiger partial charge in [0.2, 0.25) is 0 Å². The first-order valence-electron chi connectivity index (χ1n) is 22.9. The predicted molar refractivity (Wildman–Crippen MR) is 259 cm³/mol. The number of aromatic nitrogens is 2. The van der Waals surface area contributed by atoms with Crippen molar-refractivity contribution in [2.75, 3.05) is 74.8 Å². The van der Waals surface area contributed by atoms with Crippen molar-refractivity contribution in [3.8, 4) is 0 Å². The van der Waals surface area contributed by atoms with E-state index in [4.69, 9.17) is 16.3 Å². The summed E-state index contributed by atoms with van der Waals surface area (Å²) >= 11 is 7.72. The molecular formula is C48H59ClF3N7O5S3. The van der Waals surface area contributed by atoms with E-state index in [0.717, 1.165) is 73.8 Å². The fraction of sp³-hybridized carbons (Fsp3) is 0.500. The van der Waals surface area contributed by atoms with E-state index < -0.39 is 41.2 Å². The van der Waals surface area contributed by atoms with Crippen LogP contribution >= 0.6 is 23.4 Å². The van der Waals surface area contributed by atoms with Gasteiger partial charge in [0.1, 0.15) is 17.0 Å². The molecule has 0 saturated carbocycles. The number of nitrogens with zero attached hydrogens (tertiary/aromatic N) is 5. The molecule has 19 heteroatoms. The Morgan fingerprint density at radius 3 is 2.36 bits per heavy atom. The SMILES string of the molecule is CC1(C)CCC(CN2CCC(N3CCc4c(ncnc4NS(=O)(=O)c4ccc(N[C@H](CCN5CCOCC5)CSc5ccccc5)c(S(=O)(=O)C(F)(F)F)c4)C3)CC2)=C(c2ccc(Cl)cc2)C1. The lowest BCUT2D eigenvalue weighted by molar-refractivity contribution is -0.0435. The van der Waals surface area contributed by atoms with E-state index in [9.17, 15) is 30.0 Å². The molecular weight excluding hydrogens is 943 g/mol. The summed E-state index contributed by atoms with van der Waals surface area (Å²) in [5.41, 5.74) is -0.341. The Balaban J connectivity index is 0.950. The molecule has 3 aliphatic heterocycles. The van der Waals surface area contributed by atoms with E-state index in [1.54, 1.807) is 0 Å². The average molecular weight is 1000 g/mol. The normalized spacial score (nSPS) is 19.8. The maximum atomic E-state index is 14.3. The van der Waals surface area contributed by atoms with Crippen molar-refractivity contribution >= 4 is 60.3 Å². The first-order chi connectivity index (χ1) is 31.9. The van der Waals surface area contributed by atoms with Crippen molar-refractivity contribution in [3.05, 3.63) is 107 Å². The van der Waals surface area contributed by atoms with E-state index in [-0.39, 0.29) is 16.9 Å². The van der Waals surface area contributed by atoms with Crippen molar-refractivity contribution < 1.29 is 34.7 Å². The van der Waals surface area contributed by atoms with Gasteiger partial charge in [-0.15, -0.1) is 11.8 Å². The molecule has 0 radical (unpaired) electrons. The van der Waals surface area contributed by atoms with Gasteiger partial charge in [0.25, 0.3) is 19.9 Å². The summed E-state index contributed by atoms with van der Waals surface area (Å²) in [7, 11) is -10.6. The third kappa shape index (κ3) is 12.4. The summed E-state index contributed by atoms with van der Waals surface area (Å²) in [6, 6.07) is 20.3. The lowest BCUT2D eigenvalue weighted by atomic mass is 9.72. The fourth-order valence-electron chi connectivity index (χ4n) is 9.57. The van der Waals surface area contributed by atoms with E-state index in [1.807, 2.05) is 42.5 Å². The third-order valence-electron chi connectivity index (χ3n) is 13.4. The third-order valence-corrected chi connectivity index (χ3v) is 17.7. The molecule has 2 N–H and O–H groups in total. The predicted octanol–water partition coefficient (Wildman–Crippen LogP) is 9.01. The lowest BCUT2D eigenvalue weighted by Gasteiger charge is -2.41. The largest absolute Gasteiger partial charge is 0.501 e. The quantitative estimate of drug-likeness (QED) is 0.104. The summed E-state index contributed by atoms with van der Waals surface area (Å²) in [6.07, 6.45) is 7.41. The second-order valence-corrected chi connectivity index (χ2v) is 23.8. The Morgan fingerprint density at radius 1 is 0.910 bits per heavy atom. The maximum Gasteiger partial charge on any atom is 0.501 e. The van der Waals surface area contributed by atoms with Gasteiger partial charge < -0.3 is 10.1 Å². The van der Waals surface area contributed by atoms with Gasteiger partial charge in [0.05, 0.1) is 29.5 Å². The molecule has 4 aliphatic rings. The lowest BCUT2D eigenvalue weighted by Crippen LogP contribution is -2.47. The second-order valence-electron chi connectivity index (χ2n) is 18.7. The number of halogens is 4. The van der Waals surface area contributed by atoms with Gasteiger partial charge in [-0.25, -0.2) is 26.8 Å². The summed E-state index contributed by atoms with van der Waals surface area (Å²) in [5, 5.41) is 3.79. The Morgan fingerprint density at radius 2 is 1.64 bits per heavy atom. The molecule has 8 rings (SSSR count). The van der Waals surface area contributed by atoms with Crippen LogP contribution in [0, 0.1) is 5.41 Å². The minimum Gasteiger partial charge on any atom is -0.380 e. The van der Waals surface area contributed by atoms with Crippen molar-refractivity contribution in [1.29, 1.82) is 0 Å². The van der Waals surface area contributed by atoms with E-state index in [1.165, 1.54) is 34.8 Å². The Labute approximate surface area is 402 Å². The van der Waals surface area contributed by atoms with Gasteiger partial charge in [-0.1, -0.05) is 61.4 Å². The molecule has 0 spiro atoms. The number of rotatable bonds is 16. The van der Waals surface area contributed by atoms with Crippen LogP contribution in [-0.2, 0) is 37.6 Å². The molecule has 1 aliphatic carbocycles. The summed E-state index contributed by atoms with van der Waals surface area (Å²) in [6.45, 7) is 11.8. The molecule has 1 aromatic heterocycles. The van der Waals surface area contributed by atoms with Crippen LogP contribution in [0.1, 0.15) is 69.2 Å². The maximum absolute atomic E-state index is 14.3. The minimum atomic E-state index is -6.00. The number of sulfone groups is 1. The zero-order valence-electron chi connectivity index (χ0n) is 37.9. The van der Waals surface area contributed by atoms with Gasteiger partial charge in [-0.2, -0.15) is 13.2 Å². The van der Waals surface area contributed by atoms with Gasteiger partial charge in [-0.05, 0) is 117 Å². The van der Waals surface area contributed by atoms with Crippen LogP contribution in [0.15, 0.2) is 99.4 Å². The smallest absolute Gasteiger partial charge is 0.380 e. The number of morpholine rings is 1. The highest BCUT2D eigenvalue weighted by Gasteiger charge is 2.48. The second kappa shape index (κ2) is 21.1. The number of sulfonamides is 1. The first-order valence-corrected chi connectivity index (χ1v) is 27.3. The number of ether oxygens (including phenoxy) is 1. The first kappa shape index (κ1) is 49.7. The molecule has 4 heterocycles. The minimum absolute atomic E-state index is 0.0171. The van der Waals surface area contributed by atoms with Crippen LogP contribution in [0.3, 0.4) is 0 Å². The van der Waals surface area contributed by atoms with Crippen LogP contribution in [0.4, 0.5) is 24.7 Å². The molecule has 67 heavy (non-hydrogen) atoms. The number of nitrogens with one attached hydrogen (secondary N) is 2. The summed E-state index contributed by atoms with van der Waals surface area (Å²) < 4.78 is 105. The van der Waals surface area contributed by atoms with Crippen LogP contribution in [0.5, 0.6) is 0 Å². The Kier molecular flexibility index (Phi) is 15.6.